The van der Waals surface area contributed by atoms with Gasteiger partial charge >= 0.3 is 5.97 Å². The first-order valence-corrected chi connectivity index (χ1v) is 15.4. The number of Topliss-reactive ketones (excluding diaryl/α,β-unsaturated/α-hetero) is 1. The van der Waals surface area contributed by atoms with E-state index in [4.69, 9.17) is 4.74 Å². The molecule has 9 atom stereocenters. The Morgan fingerprint density at radius 1 is 0.667 bits per heavy atom. The summed E-state index contributed by atoms with van der Waals surface area (Å²) in [5, 5.41) is 0. The topological polar surface area (TPSA) is 43.4 Å². The third-order valence-corrected chi connectivity index (χ3v) is 15.0. The van der Waals surface area contributed by atoms with Crippen molar-refractivity contribution in [1.82, 2.24) is 0 Å². The van der Waals surface area contributed by atoms with Gasteiger partial charge < -0.3 is 4.74 Å². The van der Waals surface area contributed by atoms with Gasteiger partial charge in [0.25, 0.3) is 0 Å². The van der Waals surface area contributed by atoms with E-state index in [9.17, 15) is 9.59 Å². The third kappa shape index (κ3) is 2.87. The molecule has 3 heteroatoms. The molecule has 202 valence electrons. The van der Waals surface area contributed by atoms with Crippen molar-refractivity contribution in [1.29, 1.82) is 0 Å². The molecule has 0 amide bonds. The van der Waals surface area contributed by atoms with Crippen molar-refractivity contribution in [3.05, 3.63) is 0 Å². The van der Waals surface area contributed by atoms with E-state index in [1.165, 1.54) is 44.9 Å². The van der Waals surface area contributed by atoms with Crippen molar-refractivity contribution in [2.24, 2.45) is 62.1 Å². The summed E-state index contributed by atoms with van der Waals surface area (Å²) in [7, 11) is 1.60. The lowest BCUT2D eigenvalue weighted by molar-refractivity contribution is -0.240. The second-order valence-electron chi connectivity index (χ2n) is 16.0. The highest BCUT2D eigenvalue weighted by Crippen LogP contribution is 2.79. The van der Waals surface area contributed by atoms with E-state index in [0.717, 1.165) is 50.4 Å². The molecule has 6 aliphatic carbocycles. The van der Waals surface area contributed by atoms with Crippen LogP contribution < -0.4 is 0 Å². The molecule has 6 saturated carbocycles. The number of ether oxygens (including phenoxy) is 1. The Labute approximate surface area is 220 Å². The molecule has 0 aromatic heterocycles. The highest BCUT2D eigenvalue weighted by atomic mass is 16.5. The Morgan fingerprint density at radius 3 is 2.00 bits per heavy atom. The zero-order chi connectivity index (χ0) is 25.9. The zero-order valence-corrected chi connectivity index (χ0v) is 24.3. The van der Waals surface area contributed by atoms with E-state index in [0.29, 0.717) is 39.8 Å². The lowest BCUT2D eigenvalue weighted by Gasteiger charge is -2.72. The highest BCUT2D eigenvalue weighted by Gasteiger charge is 2.74. The molecule has 0 spiro atoms. The normalized spacial score (nSPS) is 52.2. The summed E-state index contributed by atoms with van der Waals surface area (Å²) < 4.78 is 5.57. The Kier molecular flexibility index (Phi) is 5.38. The quantitative estimate of drug-likeness (QED) is 0.372. The second kappa shape index (κ2) is 7.62. The van der Waals surface area contributed by atoms with Crippen LogP contribution in [0.25, 0.3) is 0 Å². The Hall–Kier alpha value is -0.860. The Bertz CT molecular complexity index is 962. The summed E-state index contributed by atoms with van der Waals surface area (Å²) in [6.45, 7) is 14.9. The van der Waals surface area contributed by atoms with Gasteiger partial charge in [-0.2, -0.15) is 0 Å². The maximum Gasteiger partial charge on any atom is 0.312 e. The largest absolute Gasteiger partial charge is 0.469 e. The molecular weight excluding hydrogens is 444 g/mol. The molecule has 0 unspecified atom stereocenters. The number of methoxy groups -OCH3 is 1. The molecule has 0 bridgehead atoms. The molecule has 0 aromatic carbocycles. The van der Waals surface area contributed by atoms with Crippen LogP contribution in [-0.2, 0) is 14.3 Å². The minimum atomic E-state index is -0.355. The molecule has 3 nitrogen and oxygen atoms in total. The van der Waals surface area contributed by atoms with Crippen LogP contribution in [0.1, 0.15) is 125 Å². The molecule has 6 fully saturated rings. The summed E-state index contributed by atoms with van der Waals surface area (Å²) in [6.07, 6.45) is 15.6. The van der Waals surface area contributed by atoms with E-state index >= 15 is 0 Å². The van der Waals surface area contributed by atoms with Crippen molar-refractivity contribution >= 4 is 11.8 Å². The van der Waals surface area contributed by atoms with Gasteiger partial charge in [-0.25, -0.2) is 0 Å². The van der Waals surface area contributed by atoms with E-state index < -0.39 is 0 Å². The van der Waals surface area contributed by atoms with Gasteiger partial charge in [-0.15, -0.1) is 0 Å². The Balaban J connectivity index is 1.42. The monoisotopic (exact) mass is 496 g/mol. The molecule has 0 aromatic rings. The standard InChI is InChI=1S/C33H52O3/c1-21(34)32(19-20-32)23-11-16-33(27(35)36-7)18-17-30(5)22(26(23)33)9-10-25-29(4)14-8-13-28(2,3)24(29)12-15-31(25,30)6/h22-26H,8-20H2,1-7H3/t22-,23-,24+,25-,26+,29+,30-,31-,33+/m1/s1. The zero-order valence-electron chi connectivity index (χ0n) is 24.3. The summed E-state index contributed by atoms with van der Waals surface area (Å²) in [4.78, 5) is 26.6. The minimum absolute atomic E-state index is 0.0355. The lowest BCUT2D eigenvalue weighted by Crippen LogP contribution is -2.66. The van der Waals surface area contributed by atoms with Gasteiger partial charge in [0.1, 0.15) is 5.78 Å². The maximum absolute atomic E-state index is 13.6. The van der Waals surface area contributed by atoms with Gasteiger partial charge in [0, 0.05) is 5.41 Å². The van der Waals surface area contributed by atoms with Gasteiger partial charge in [-0.3, -0.25) is 9.59 Å². The predicted octanol–water partition coefficient (Wildman–Crippen LogP) is 8.00. The van der Waals surface area contributed by atoms with E-state index in [-0.39, 0.29) is 22.2 Å². The molecule has 0 heterocycles. The molecular formula is C33H52O3. The van der Waals surface area contributed by atoms with Crippen LogP contribution >= 0.6 is 0 Å². The van der Waals surface area contributed by atoms with Crippen LogP contribution in [-0.4, -0.2) is 18.9 Å². The molecule has 0 radical (unpaired) electrons. The number of fused-ring (bicyclic) bond motifs is 7. The number of hydrogen-bond acceptors (Lipinski definition) is 3. The molecule has 6 rings (SSSR count). The van der Waals surface area contributed by atoms with Gasteiger partial charge in [0.15, 0.2) is 0 Å². The third-order valence-electron chi connectivity index (χ3n) is 15.0. The molecule has 0 N–H and O–H groups in total. The summed E-state index contributed by atoms with van der Waals surface area (Å²) >= 11 is 0. The van der Waals surface area contributed by atoms with Crippen molar-refractivity contribution in [3.8, 4) is 0 Å². The van der Waals surface area contributed by atoms with Crippen LogP contribution in [0.5, 0.6) is 0 Å². The number of rotatable bonds is 3. The van der Waals surface area contributed by atoms with E-state index in [1.807, 2.05) is 6.92 Å². The fourth-order valence-electron chi connectivity index (χ4n) is 13.0. The van der Waals surface area contributed by atoms with Crippen molar-refractivity contribution in [2.45, 2.75) is 125 Å². The number of carbonyl (C=O) groups excluding carboxylic acids is 2. The van der Waals surface area contributed by atoms with E-state index in [2.05, 4.69) is 34.6 Å². The second-order valence-corrected chi connectivity index (χ2v) is 16.0. The molecule has 0 aliphatic heterocycles. The number of carbonyl (C=O) groups is 2. The highest BCUT2D eigenvalue weighted by molar-refractivity contribution is 5.86. The average molecular weight is 497 g/mol. The van der Waals surface area contributed by atoms with E-state index in [1.54, 1.807) is 7.11 Å². The van der Waals surface area contributed by atoms with Crippen LogP contribution in [0.15, 0.2) is 0 Å². The van der Waals surface area contributed by atoms with Gasteiger partial charge in [0.05, 0.1) is 12.5 Å². The predicted molar refractivity (Wildman–Crippen MR) is 143 cm³/mol. The fraction of sp³-hybridized carbons (Fsp3) is 0.939. The first-order valence-electron chi connectivity index (χ1n) is 15.4. The van der Waals surface area contributed by atoms with Crippen LogP contribution in [0, 0.1) is 62.1 Å². The summed E-state index contributed by atoms with van der Waals surface area (Å²) in [5.41, 5.74) is 0.945. The number of ketones is 1. The van der Waals surface area contributed by atoms with Crippen LogP contribution in [0.3, 0.4) is 0 Å². The smallest absolute Gasteiger partial charge is 0.312 e. The van der Waals surface area contributed by atoms with Crippen LogP contribution in [0.2, 0.25) is 0 Å². The Morgan fingerprint density at radius 2 is 1.36 bits per heavy atom. The molecule has 36 heavy (non-hydrogen) atoms. The maximum atomic E-state index is 13.6. The number of esters is 1. The first kappa shape index (κ1) is 25.4. The first-order chi connectivity index (χ1) is 16.8. The fourth-order valence-corrected chi connectivity index (χ4v) is 13.0. The van der Waals surface area contributed by atoms with Gasteiger partial charge in [0.2, 0.25) is 0 Å². The summed E-state index contributed by atoms with van der Waals surface area (Å²) in [5.74, 6) is 3.26. The average Bonchev–Trinajstić information content (AvgIpc) is 3.53. The molecule has 0 saturated heterocycles. The summed E-state index contributed by atoms with van der Waals surface area (Å²) in [6, 6.07) is 0. The van der Waals surface area contributed by atoms with Gasteiger partial charge in [-0.1, -0.05) is 41.0 Å². The van der Waals surface area contributed by atoms with Crippen molar-refractivity contribution in [2.75, 3.05) is 7.11 Å². The van der Waals surface area contributed by atoms with Crippen molar-refractivity contribution in [3.63, 3.8) is 0 Å². The lowest BCUT2D eigenvalue weighted by atomic mass is 9.32. The number of hydrogen-bond donors (Lipinski definition) is 0. The SMILES string of the molecule is COC(=O)[C@]12CC[C@@H](C3(C(C)=O)CC3)[C@@H]1[C@H]1CC[C@@H]3[C@@]4(C)CCCC(C)(C)[C@@H]4CC[C@@]3(C)[C@]1(C)CC2. The van der Waals surface area contributed by atoms with Gasteiger partial charge in [-0.05, 0) is 135 Å². The molecule has 6 aliphatic rings. The minimum Gasteiger partial charge on any atom is -0.469 e. The van der Waals surface area contributed by atoms with Crippen LogP contribution in [0.4, 0.5) is 0 Å². The van der Waals surface area contributed by atoms with Crippen molar-refractivity contribution < 1.29 is 14.3 Å².